The Kier molecular flexibility index (Phi) is 2.55. The van der Waals surface area contributed by atoms with Crippen molar-refractivity contribution in [2.75, 3.05) is 0 Å². The lowest BCUT2D eigenvalue weighted by molar-refractivity contribution is 2.00. The summed E-state index contributed by atoms with van der Waals surface area (Å²) in [7, 11) is 31.9. The molecule has 42 valence electrons. The minimum absolute atomic E-state index is 0.127. The van der Waals surface area contributed by atoms with E-state index in [9.17, 15) is 0 Å². The standard InChI is InChI=1S/C6B6/c7-4(8)1-2(5(9)10)3(1)6(11)12. The molecule has 0 bridgehead atoms. The van der Waals surface area contributed by atoms with Gasteiger partial charge in [0.2, 0.25) is 0 Å². The van der Waals surface area contributed by atoms with E-state index in [0.717, 1.165) is 0 Å². The molecule has 1 fully saturated rings. The van der Waals surface area contributed by atoms with Gasteiger partial charge in [-0.3, -0.25) is 0 Å². The smallest absolute Gasteiger partial charge is 0.0931 e. The maximum absolute atomic E-state index is 5.32. The van der Waals surface area contributed by atoms with Crippen molar-refractivity contribution < 1.29 is 0 Å². The molecule has 12 radical (unpaired) electrons. The van der Waals surface area contributed by atoms with E-state index in [-0.39, 0.29) is 16.1 Å². The van der Waals surface area contributed by atoms with Crippen molar-refractivity contribution in [3.05, 3.63) is 32.8 Å². The van der Waals surface area contributed by atoms with E-state index < -0.39 is 0 Å². The molecule has 0 amide bonds. The average molecular weight is 137 g/mol. The lowest BCUT2D eigenvalue weighted by atomic mass is 9.74. The number of hydrogen-bond donors (Lipinski definition) is 0. The fraction of sp³-hybridized carbons (Fsp3) is 0. The third-order valence-corrected chi connectivity index (χ3v) is 1.55. The zero-order valence-corrected chi connectivity index (χ0v) is 6.46. The summed E-state index contributed by atoms with van der Waals surface area (Å²) in [5.74, 6) is 0. The van der Waals surface area contributed by atoms with Gasteiger partial charge in [0.25, 0.3) is 0 Å². The van der Waals surface area contributed by atoms with Crippen molar-refractivity contribution in [2.24, 2.45) is 0 Å². The lowest BCUT2D eigenvalue weighted by Crippen LogP contribution is -1.79. The van der Waals surface area contributed by atoms with Crippen molar-refractivity contribution >= 4 is 47.1 Å². The van der Waals surface area contributed by atoms with Gasteiger partial charge in [0.15, 0.2) is 0 Å². The zero-order chi connectivity index (χ0) is 9.46. The van der Waals surface area contributed by atoms with Crippen molar-refractivity contribution in [1.82, 2.24) is 0 Å². The Morgan fingerprint density at radius 3 is 0.750 bits per heavy atom. The van der Waals surface area contributed by atoms with E-state index in [1.165, 1.54) is 0 Å². The van der Waals surface area contributed by atoms with Crippen LogP contribution >= 0.6 is 0 Å². The molecule has 12 heavy (non-hydrogen) atoms. The van der Waals surface area contributed by atoms with Crippen LogP contribution in [0.4, 0.5) is 0 Å². The molecule has 1 saturated carbocycles. The van der Waals surface area contributed by atoms with Gasteiger partial charge in [0.05, 0.1) is 47.1 Å². The summed E-state index contributed by atoms with van der Waals surface area (Å²) in [5.41, 5.74) is 1.69. The largest absolute Gasteiger partial charge is 0.152 e. The van der Waals surface area contributed by atoms with Crippen LogP contribution in [0.2, 0.25) is 0 Å². The molecule has 1 aliphatic rings. The Hall–Kier alpha value is -0.390. The van der Waals surface area contributed by atoms with Gasteiger partial charge in [0, 0.05) is 0 Å². The number of allylic oxidation sites excluding steroid dienone is 3. The zero-order valence-electron chi connectivity index (χ0n) is 6.46. The highest BCUT2D eigenvalue weighted by Crippen LogP contribution is 2.47. The molecule has 6 heteroatoms. The van der Waals surface area contributed by atoms with E-state index in [2.05, 4.69) is 0 Å². The van der Waals surface area contributed by atoms with Crippen LogP contribution in [0.1, 0.15) is 0 Å². The molecule has 0 spiro atoms. The van der Waals surface area contributed by atoms with E-state index in [4.69, 9.17) is 47.1 Å². The molecule has 0 unspecified atom stereocenters. The van der Waals surface area contributed by atoms with Gasteiger partial charge >= 0.3 is 0 Å². The summed E-state index contributed by atoms with van der Waals surface area (Å²) in [5, 5.41) is 0.380. The highest BCUT2D eigenvalue weighted by molar-refractivity contribution is 6.55. The van der Waals surface area contributed by atoms with Crippen LogP contribution in [0.3, 0.4) is 0 Å². The van der Waals surface area contributed by atoms with Crippen molar-refractivity contribution in [3.8, 4) is 0 Å². The maximum Gasteiger partial charge on any atom is 0.0931 e. The van der Waals surface area contributed by atoms with Gasteiger partial charge in [-0.05, 0) is 16.7 Å². The first-order chi connectivity index (χ1) is 5.46. The third-order valence-electron chi connectivity index (χ3n) is 1.55. The Bertz CT molecular complexity index is 245. The topological polar surface area (TPSA) is 0 Å². The Morgan fingerprint density at radius 1 is 0.500 bits per heavy atom. The fourth-order valence-corrected chi connectivity index (χ4v) is 1.05. The fourth-order valence-electron chi connectivity index (χ4n) is 1.05. The molecule has 0 heterocycles. The van der Waals surface area contributed by atoms with Gasteiger partial charge in [-0.2, -0.15) is 16.1 Å². The summed E-state index contributed by atoms with van der Waals surface area (Å²) in [6.45, 7) is 0. The number of rotatable bonds is 0. The predicted molar refractivity (Wildman–Crippen MR) is 55.6 cm³/mol. The second-order valence-electron chi connectivity index (χ2n) is 2.49. The van der Waals surface area contributed by atoms with Crippen LogP contribution in [0.25, 0.3) is 0 Å². The first kappa shape index (κ1) is 9.70. The summed E-state index contributed by atoms with van der Waals surface area (Å²) in [4.78, 5) is 0. The molecule has 0 aliphatic heterocycles. The minimum atomic E-state index is 0.127. The molecule has 0 nitrogen and oxygen atoms in total. The Balaban J connectivity index is 3.26. The summed E-state index contributed by atoms with van der Waals surface area (Å²) < 4.78 is 0. The van der Waals surface area contributed by atoms with Crippen LogP contribution in [0.5, 0.6) is 0 Å². The molecule has 0 aromatic heterocycles. The van der Waals surface area contributed by atoms with E-state index in [1.54, 1.807) is 0 Å². The minimum Gasteiger partial charge on any atom is -0.152 e. The molecule has 0 saturated heterocycles. The van der Waals surface area contributed by atoms with Crippen LogP contribution in [-0.2, 0) is 0 Å². The van der Waals surface area contributed by atoms with Crippen molar-refractivity contribution in [2.45, 2.75) is 0 Å². The van der Waals surface area contributed by atoms with Gasteiger partial charge < -0.3 is 0 Å². The van der Waals surface area contributed by atoms with Crippen LogP contribution in [0.15, 0.2) is 32.8 Å². The molecular weight excluding hydrogens is 137 g/mol. The Morgan fingerprint density at radius 2 is 0.667 bits per heavy atom. The second kappa shape index (κ2) is 3.16. The summed E-state index contributed by atoms with van der Waals surface area (Å²) in [6, 6.07) is 0. The molecule has 0 atom stereocenters. The molecule has 0 N–H and O–H groups in total. The van der Waals surface area contributed by atoms with Crippen LogP contribution in [0, 0.1) is 0 Å². The highest BCUT2D eigenvalue weighted by Gasteiger charge is 2.30. The molecule has 0 aromatic rings. The van der Waals surface area contributed by atoms with Gasteiger partial charge in [0.1, 0.15) is 0 Å². The monoisotopic (exact) mass is 138 g/mol. The van der Waals surface area contributed by atoms with Crippen molar-refractivity contribution in [3.63, 3.8) is 0 Å². The van der Waals surface area contributed by atoms with Gasteiger partial charge in [-0.1, -0.05) is 0 Å². The van der Waals surface area contributed by atoms with Crippen molar-refractivity contribution in [1.29, 1.82) is 0 Å². The molecule has 0 aromatic carbocycles. The molecule has 1 rings (SSSR count). The quantitative estimate of drug-likeness (QED) is 0.362. The predicted octanol–water partition coefficient (Wildman–Crippen LogP) is -1.35. The normalized spacial score (nSPS) is 14.5. The van der Waals surface area contributed by atoms with E-state index in [0.29, 0.717) is 16.7 Å². The summed E-state index contributed by atoms with van der Waals surface area (Å²) >= 11 is 0. The van der Waals surface area contributed by atoms with E-state index >= 15 is 0 Å². The summed E-state index contributed by atoms with van der Waals surface area (Å²) in [6.07, 6.45) is 0. The van der Waals surface area contributed by atoms with E-state index in [1.807, 2.05) is 0 Å². The third kappa shape index (κ3) is 1.53. The second-order valence-corrected chi connectivity index (χ2v) is 2.49. The van der Waals surface area contributed by atoms with Gasteiger partial charge in [-0.25, -0.2) is 0 Å². The first-order valence-electron chi connectivity index (χ1n) is 3.23. The average Bonchev–Trinajstić information content (AvgIpc) is 2.58. The molecule has 1 aliphatic carbocycles. The first-order valence-corrected chi connectivity index (χ1v) is 3.23. The molecular formula is C6B6. The number of hydrogen-bond acceptors (Lipinski definition) is 0. The van der Waals surface area contributed by atoms with Crippen LogP contribution in [-0.4, -0.2) is 47.1 Å². The SMILES string of the molecule is [B]C([B])=C1C(=C([B])[B])C1=C([B])[B]. The van der Waals surface area contributed by atoms with Crippen LogP contribution < -0.4 is 0 Å². The lowest BCUT2D eigenvalue weighted by Gasteiger charge is -1.82. The maximum atomic E-state index is 5.32. The Labute approximate surface area is 80.4 Å². The van der Waals surface area contributed by atoms with Gasteiger partial charge in [-0.15, -0.1) is 0 Å². The highest BCUT2D eigenvalue weighted by atomic mass is 14.3.